The number of hydrogen-bond acceptors (Lipinski definition) is 3. The first kappa shape index (κ1) is 22.1. The van der Waals surface area contributed by atoms with Gasteiger partial charge in [0, 0.05) is 39.6 Å². The Morgan fingerprint density at radius 2 is 1.80 bits per heavy atom. The maximum atomic E-state index is 13.1. The molecule has 0 radical (unpaired) electrons. The summed E-state index contributed by atoms with van der Waals surface area (Å²) in [6.45, 7) is 4.77. The highest BCUT2D eigenvalue weighted by Crippen LogP contribution is 2.24. The van der Waals surface area contributed by atoms with Crippen molar-refractivity contribution in [1.29, 1.82) is 0 Å². The Balaban J connectivity index is 0.00000256. The number of carbonyl (C=O) groups is 1. The molecule has 1 fully saturated rings. The van der Waals surface area contributed by atoms with Gasteiger partial charge in [-0.2, -0.15) is 0 Å². The summed E-state index contributed by atoms with van der Waals surface area (Å²) in [5.74, 6) is 0.0934. The van der Waals surface area contributed by atoms with Gasteiger partial charge in [0.1, 0.15) is 0 Å². The lowest BCUT2D eigenvalue weighted by atomic mass is 10.0. The molecular formula is C23H29ClN4O2. The number of carbonyl (C=O) groups excluding carboxylic acids is 1. The van der Waals surface area contributed by atoms with Crippen molar-refractivity contribution < 1.29 is 4.79 Å². The van der Waals surface area contributed by atoms with Crippen molar-refractivity contribution in [2.24, 2.45) is 7.05 Å². The fourth-order valence-electron chi connectivity index (χ4n) is 4.21. The summed E-state index contributed by atoms with van der Waals surface area (Å²) in [6, 6.07) is 16.3. The van der Waals surface area contributed by atoms with Crippen LogP contribution in [0.5, 0.6) is 0 Å². The number of amides is 1. The molecule has 4 rings (SSSR count). The molecule has 2 aromatic carbocycles. The predicted molar refractivity (Wildman–Crippen MR) is 122 cm³/mol. The molecule has 1 saturated heterocycles. The number of para-hydroxylation sites is 2. The number of rotatable bonds is 5. The van der Waals surface area contributed by atoms with E-state index in [0.29, 0.717) is 19.5 Å². The van der Waals surface area contributed by atoms with Gasteiger partial charge in [0.25, 0.3) is 0 Å². The van der Waals surface area contributed by atoms with Crippen LogP contribution in [0.2, 0.25) is 0 Å². The molecule has 0 bridgehead atoms. The van der Waals surface area contributed by atoms with Crippen molar-refractivity contribution in [3.8, 4) is 0 Å². The first-order valence-corrected chi connectivity index (χ1v) is 10.3. The summed E-state index contributed by atoms with van der Waals surface area (Å²) in [7, 11) is 1.77. The Hall–Kier alpha value is -2.57. The van der Waals surface area contributed by atoms with Crippen LogP contribution in [-0.2, 0) is 24.8 Å². The highest BCUT2D eigenvalue weighted by molar-refractivity contribution is 5.85. The van der Waals surface area contributed by atoms with Crippen LogP contribution in [0.3, 0.4) is 0 Å². The average Bonchev–Trinajstić information content (AvgIpc) is 3.02. The van der Waals surface area contributed by atoms with E-state index in [1.165, 1.54) is 5.56 Å². The number of aryl methyl sites for hydroxylation is 3. The molecule has 1 aromatic heterocycles. The molecule has 1 aliphatic rings. The molecule has 2 heterocycles. The molecule has 1 aliphatic heterocycles. The fourth-order valence-corrected chi connectivity index (χ4v) is 4.21. The van der Waals surface area contributed by atoms with E-state index in [0.717, 1.165) is 36.1 Å². The second kappa shape index (κ2) is 9.49. The van der Waals surface area contributed by atoms with E-state index in [9.17, 15) is 9.59 Å². The SMILES string of the molecule is CCc1ccc(C2CNCCN2C(=O)CCn2c(=O)n(C)c3ccccc32)cc1.Cl. The molecule has 0 spiro atoms. The maximum Gasteiger partial charge on any atom is 0.328 e. The number of halogens is 1. The average molecular weight is 429 g/mol. The van der Waals surface area contributed by atoms with Gasteiger partial charge in [-0.1, -0.05) is 43.3 Å². The minimum Gasteiger partial charge on any atom is -0.333 e. The normalized spacial score (nSPS) is 16.5. The number of fused-ring (bicyclic) bond motifs is 1. The lowest BCUT2D eigenvalue weighted by molar-refractivity contribution is -0.134. The third kappa shape index (κ3) is 4.16. The number of nitrogens with zero attached hydrogens (tertiary/aromatic N) is 3. The summed E-state index contributed by atoms with van der Waals surface area (Å²) in [5.41, 5.74) is 4.14. The van der Waals surface area contributed by atoms with Gasteiger partial charge in [-0.05, 0) is 29.7 Å². The second-order valence-corrected chi connectivity index (χ2v) is 7.63. The van der Waals surface area contributed by atoms with Gasteiger partial charge in [0.15, 0.2) is 0 Å². The maximum absolute atomic E-state index is 13.1. The van der Waals surface area contributed by atoms with Crippen LogP contribution in [-0.4, -0.2) is 39.6 Å². The predicted octanol–water partition coefficient (Wildman–Crippen LogP) is 2.89. The molecule has 30 heavy (non-hydrogen) atoms. The lowest BCUT2D eigenvalue weighted by Gasteiger charge is -2.36. The van der Waals surface area contributed by atoms with Crippen molar-refractivity contribution in [2.45, 2.75) is 32.4 Å². The standard InChI is InChI=1S/C23H28N4O2.ClH/c1-3-17-8-10-18(11-9-17)21-16-24-13-15-26(21)22(28)12-14-27-20-7-5-4-6-19(20)25(2)23(27)29;/h4-11,21,24H,3,12-16H2,1-2H3;1H. The van der Waals surface area contributed by atoms with Crippen LogP contribution in [0.4, 0.5) is 0 Å². The molecular weight excluding hydrogens is 400 g/mol. The summed E-state index contributed by atoms with van der Waals surface area (Å²) in [6.07, 6.45) is 1.32. The molecule has 0 saturated carbocycles. The molecule has 1 atom stereocenters. The van der Waals surface area contributed by atoms with E-state index < -0.39 is 0 Å². The number of nitrogens with one attached hydrogen (secondary N) is 1. The first-order valence-electron chi connectivity index (χ1n) is 10.3. The number of piperazine rings is 1. The van der Waals surface area contributed by atoms with Crippen LogP contribution in [0, 0.1) is 0 Å². The third-order valence-electron chi connectivity index (χ3n) is 5.94. The molecule has 160 valence electrons. The number of benzene rings is 2. The Bertz CT molecular complexity index is 1070. The minimum absolute atomic E-state index is 0. The zero-order valence-electron chi connectivity index (χ0n) is 17.5. The molecule has 0 aliphatic carbocycles. The Morgan fingerprint density at radius 1 is 1.10 bits per heavy atom. The quantitative estimate of drug-likeness (QED) is 0.679. The van der Waals surface area contributed by atoms with Crippen molar-refractivity contribution in [3.63, 3.8) is 0 Å². The van der Waals surface area contributed by atoms with E-state index in [1.54, 1.807) is 16.2 Å². The van der Waals surface area contributed by atoms with Gasteiger partial charge in [-0.15, -0.1) is 12.4 Å². The van der Waals surface area contributed by atoms with Gasteiger partial charge in [-0.3, -0.25) is 13.9 Å². The molecule has 6 nitrogen and oxygen atoms in total. The van der Waals surface area contributed by atoms with E-state index >= 15 is 0 Å². The highest BCUT2D eigenvalue weighted by atomic mass is 35.5. The van der Waals surface area contributed by atoms with Crippen molar-refractivity contribution in [2.75, 3.05) is 19.6 Å². The Morgan fingerprint density at radius 3 is 2.50 bits per heavy atom. The molecule has 7 heteroatoms. The van der Waals surface area contributed by atoms with Gasteiger partial charge >= 0.3 is 5.69 Å². The fraction of sp³-hybridized carbons (Fsp3) is 0.391. The summed E-state index contributed by atoms with van der Waals surface area (Å²) in [5, 5.41) is 3.40. The zero-order chi connectivity index (χ0) is 20.4. The topological polar surface area (TPSA) is 59.3 Å². The van der Waals surface area contributed by atoms with E-state index in [2.05, 4.69) is 36.5 Å². The van der Waals surface area contributed by atoms with Crippen LogP contribution < -0.4 is 11.0 Å². The number of aromatic nitrogens is 2. The van der Waals surface area contributed by atoms with Gasteiger partial charge in [0.05, 0.1) is 17.1 Å². The highest BCUT2D eigenvalue weighted by Gasteiger charge is 2.27. The van der Waals surface area contributed by atoms with Crippen LogP contribution in [0.15, 0.2) is 53.3 Å². The summed E-state index contributed by atoms with van der Waals surface area (Å²) >= 11 is 0. The van der Waals surface area contributed by atoms with Gasteiger partial charge in [-0.25, -0.2) is 4.79 Å². The van der Waals surface area contributed by atoms with Crippen LogP contribution in [0.25, 0.3) is 11.0 Å². The van der Waals surface area contributed by atoms with Crippen molar-refractivity contribution in [3.05, 3.63) is 70.1 Å². The zero-order valence-corrected chi connectivity index (χ0v) is 18.3. The smallest absolute Gasteiger partial charge is 0.328 e. The largest absolute Gasteiger partial charge is 0.333 e. The Kier molecular flexibility index (Phi) is 7.00. The molecule has 1 N–H and O–H groups in total. The van der Waals surface area contributed by atoms with E-state index in [-0.39, 0.29) is 30.0 Å². The summed E-state index contributed by atoms with van der Waals surface area (Å²) in [4.78, 5) is 27.7. The van der Waals surface area contributed by atoms with E-state index in [4.69, 9.17) is 0 Å². The van der Waals surface area contributed by atoms with Crippen molar-refractivity contribution in [1.82, 2.24) is 19.4 Å². The van der Waals surface area contributed by atoms with E-state index in [1.807, 2.05) is 29.2 Å². The number of imidazole rings is 1. The monoisotopic (exact) mass is 428 g/mol. The van der Waals surface area contributed by atoms with Gasteiger partial charge in [0.2, 0.25) is 5.91 Å². The van der Waals surface area contributed by atoms with Crippen molar-refractivity contribution >= 4 is 29.3 Å². The third-order valence-corrected chi connectivity index (χ3v) is 5.94. The number of hydrogen-bond donors (Lipinski definition) is 1. The van der Waals surface area contributed by atoms with Crippen LogP contribution in [0.1, 0.15) is 30.5 Å². The molecule has 1 amide bonds. The summed E-state index contributed by atoms with van der Waals surface area (Å²) < 4.78 is 3.35. The lowest BCUT2D eigenvalue weighted by Crippen LogP contribution is -2.49. The minimum atomic E-state index is -0.0778. The second-order valence-electron chi connectivity index (χ2n) is 7.63. The molecule has 3 aromatic rings. The van der Waals surface area contributed by atoms with Gasteiger partial charge < -0.3 is 10.2 Å². The van der Waals surface area contributed by atoms with Crippen LogP contribution >= 0.6 is 12.4 Å². The Labute approximate surface area is 182 Å². The first-order chi connectivity index (χ1) is 14.1. The molecule has 1 unspecified atom stereocenters.